The van der Waals surface area contributed by atoms with Gasteiger partial charge in [-0.15, -0.1) is 0 Å². The fraction of sp³-hybridized carbons (Fsp3) is 0.381. The molecule has 0 fully saturated rings. The summed E-state index contributed by atoms with van der Waals surface area (Å²) in [6.07, 6.45) is 1.42. The molecule has 10 heteroatoms. The SMILES string of the molecule is CCOc1cc(/C=N/NC(=O)c2cc(C)[nH]c(=O)n2)ccc1OCC(=O)N(CC)CC. The number of ether oxygens (including phenoxy) is 2. The van der Waals surface area contributed by atoms with Crippen molar-refractivity contribution in [2.75, 3.05) is 26.3 Å². The first kappa shape index (κ1) is 23.6. The smallest absolute Gasteiger partial charge is 0.345 e. The quantitative estimate of drug-likeness (QED) is 0.435. The Kier molecular flexibility index (Phi) is 8.74. The minimum Gasteiger partial charge on any atom is -0.490 e. The van der Waals surface area contributed by atoms with Crippen LogP contribution in [-0.2, 0) is 4.79 Å². The highest BCUT2D eigenvalue weighted by Crippen LogP contribution is 2.28. The Hall–Kier alpha value is -3.69. The standard InChI is InChI=1S/C21H27N5O5/c1-5-26(6-2)19(27)13-31-17-9-8-15(11-18(17)30-7-3)12-22-25-20(28)16-10-14(4)23-21(29)24-16/h8-12H,5-7,13H2,1-4H3,(H,25,28)(H,23,24,29)/b22-12+. The minimum atomic E-state index is -0.606. The maximum atomic E-state index is 12.2. The van der Waals surface area contributed by atoms with Gasteiger partial charge < -0.3 is 19.4 Å². The number of carbonyl (C=O) groups is 2. The zero-order chi connectivity index (χ0) is 22.8. The average Bonchev–Trinajstić information content (AvgIpc) is 2.73. The van der Waals surface area contributed by atoms with Gasteiger partial charge in [-0.05, 0) is 57.5 Å². The molecule has 0 unspecified atom stereocenters. The Labute approximate surface area is 180 Å². The molecule has 166 valence electrons. The second-order valence-corrected chi connectivity index (χ2v) is 6.45. The van der Waals surface area contributed by atoms with Gasteiger partial charge in [0, 0.05) is 18.8 Å². The average molecular weight is 429 g/mol. The monoisotopic (exact) mass is 429 g/mol. The van der Waals surface area contributed by atoms with Crippen molar-refractivity contribution in [2.24, 2.45) is 5.10 Å². The Morgan fingerprint density at radius 1 is 1.16 bits per heavy atom. The van der Waals surface area contributed by atoms with Gasteiger partial charge in [0.05, 0.1) is 12.8 Å². The van der Waals surface area contributed by atoms with Crippen LogP contribution in [0.5, 0.6) is 11.5 Å². The van der Waals surface area contributed by atoms with Crippen LogP contribution in [0.25, 0.3) is 0 Å². The van der Waals surface area contributed by atoms with Crippen LogP contribution < -0.4 is 20.6 Å². The fourth-order valence-corrected chi connectivity index (χ4v) is 2.72. The van der Waals surface area contributed by atoms with Gasteiger partial charge in [-0.2, -0.15) is 10.1 Å². The van der Waals surface area contributed by atoms with E-state index in [4.69, 9.17) is 9.47 Å². The van der Waals surface area contributed by atoms with Crippen molar-refractivity contribution in [1.29, 1.82) is 0 Å². The largest absolute Gasteiger partial charge is 0.490 e. The molecule has 1 aromatic carbocycles. The van der Waals surface area contributed by atoms with Gasteiger partial charge in [-0.3, -0.25) is 9.59 Å². The first-order valence-electron chi connectivity index (χ1n) is 9.96. The summed E-state index contributed by atoms with van der Waals surface area (Å²) in [6, 6.07) is 6.52. The maximum absolute atomic E-state index is 12.2. The summed E-state index contributed by atoms with van der Waals surface area (Å²) in [5, 5.41) is 3.89. The number of aromatic amines is 1. The summed E-state index contributed by atoms with van der Waals surface area (Å²) in [7, 11) is 0. The van der Waals surface area contributed by atoms with Crippen LogP contribution >= 0.6 is 0 Å². The lowest BCUT2D eigenvalue weighted by Gasteiger charge is -2.19. The third-order valence-corrected chi connectivity index (χ3v) is 4.23. The Bertz CT molecular complexity index is 998. The van der Waals surface area contributed by atoms with Crippen molar-refractivity contribution in [3.63, 3.8) is 0 Å². The number of hydrogen-bond acceptors (Lipinski definition) is 7. The summed E-state index contributed by atoms with van der Waals surface area (Å²) >= 11 is 0. The number of carbonyl (C=O) groups excluding carboxylic acids is 2. The Balaban J connectivity index is 2.06. The number of nitrogens with zero attached hydrogens (tertiary/aromatic N) is 3. The molecular formula is C21H27N5O5. The molecule has 0 aliphatic carbocycles. The van der Waals surface area contributed by atoms with Gasteiger partial charge in [0.25, 0.3) is 11.8 Å². The van der Waals surface area contributed by atoms with Crippen molar-refractivity contribution in [2.45, 2.75) is 27.7 Å². The van der Waals surface area contributed by atoms with Gasteiger partial charge in [0.1, 0.15) is 5.69 Å². The van der Waals surface area contributed by atoms with Crippen molar-refractivity contribution >= 4 is 18.0 Å². The highest BCUT2D eigenvalue weighted by Gasteiger charge is 2.13. The van der Waals surface area contributed by atoms with E-state index < -0.39 is 11.6 Å². The number of amides is 2. The van der Waals surface area contributed by atoms with Gasteiger partial charge in [0.15, 0.2) is 18.1 Å². The van der Waals surface area contributed by atoms with Crippen molar-refractivity contribution in [3.8, 4) is 11.5 Å². The number of likely N-dealkylation sites (N-methyl/N-ethyl adjacent to an activating group) is 1. The number of aromatic nitrogens is 2. The van der Waals surface area contributed by atoms with Gasteiger partial charge in [-0.25, -0.2) is 10.2 Å². The number of nitrogens with one attached hydrogen (secondary N) is 2. The number of rotatable bonds is 10. The van der Waals surface area contributed by atoms with E-state index in [1.807, 2.05) is 20.8 Å². The molecule has 0 saturated heterocycles. The van der Waals surface area contributed by atoms with Crippen molar-refractivity contribution in [3.05, 3.63) is 51.7 Å². The van der Waals surface area contributed by atoms with Crippen LogP contribution in [0.2, 0.25) is 0 Å². The molecule has 0 spiro atoms. The van der Waals surface area contributed by atoms with E-state index >= 15 is 0 Å². The van der Waals surface area contributed by atoms with Crippen LogP contribution in [0.1, 0.15) is 42.5 Å². The van der Waals surface area contributed by atoms with E-state index in [-0.39, 0.29) is 18.2 Å². The summed E-state index contributed by atoms with van der Waals surface area (Å²) < 4.78 is 11.2. The predicted molar refractivity (Wildman–Crippen MR) is 116 cm³/mol. The molecule has 0 atom stereocenters. The third-order valence-electron chi connectivity index (χ3n) is 4.23. The maximum Gasteiger partial charge on any atom is 0.345 e. The molecule has 2 N–H and O–H groups in total. The predicted octanol–water partition coefficient (Wildman–Crippen LogP) is 1.49. The molecule has 1 heterocycles. The summed E-state index contributed by atoms with van der Waals surface area (Å²) in [5.41, 5.74) is 2.85. The van der Waals surface area contributed by atoms with Crippen LogP contribution in [0.3, 0.4) is 0 Å². The van der Waals surface area contributed by atoms with E-state index in [9.17, 15) is 14.4 Å². The zero-order valence-corrected chi connectivity index (χ0v) is 18.1. The normalized spacial score (nSPS) is 10.7. The van der Waals surface area contributed by atoms with Crippen LogP contribution in [0, 0.1) is 6.92 Å². The highest BCUT2D eigenvalue weighted by molar-refractivity contribution is 5.93. The van der Waals surface area contributed by atoms with Gasteiger partial charge in [-0.1, -0.05) is 0 Å². The molecule has 0 radical (unpaired) electrons. The molecule has 2 aromatic rings. The third kappa shape index (κ3) is 6.95. The van der Waals surface area contributed by atoms with Crippen molar-refractivity contribution in [1.82, 2.24) is 20.3 Å². The van der Waals surface area contributed by atoms with E-state index in [1.54, 1.807) is 30.0 Å². The van der Waals surface area contributed by atoms with Crippen LogP contribution in [0.15, 0.2) is 34.2 Å². The first-order chi connectivity index (χ1) is 14.9. The Morgan fingerprint density at radius 2 is 1.90 bits per heavy atom. The molecule has 1 aromatic heterocycles. The lowest BCUT2D eigenvalue weighted by molar-refractivity contribution is -0.133. The summed E-state index contributed by atoms with van der Waals surface area (Å²) in [4.78, 5) is 43.4. The number of H-pyrrole nitrogens is 1. The van der Waals surface area contributed by atoms with E-state index in [0.717, 1.165) is 0 Å². The van der Waals surface area contributed by atoms with E-state index in [2.05, 4.69) is 20.5 Å². The summed E-state index contributed by atoms with van der Waals surface area (Å²) in [5.74, 6) is 0.179. The molecule has 31 heavy (non-hydrogen) atoms. The van der Waals surface area contributed by atoms with Crippen LogP contribution in [0.4, 0.5) is 0 Å². The number of hydrazone groups is 1. The molecule has 0 aliphatic rings. The second kappa shape index (κ2) is 11.5. The molecule has 10 nitrogen and oxygen atoms in total. The number of aryl methyl sites for hydroxylation is 1. The first-order valence-corrected chi connectivity index (χ1v) is 9.96. The molecule has 0 aliphatic heterocycles. The Morgan fingerprint density at radius 3 is 2.55 bits per heavy atom. The van der Waals surface area contributed by atoms with Crippen LogP contribution in [-0.4, -0.2) is 59.2 Å². The van der Waals surface area contributed by atoms with E-state index in [0.29, 0.717) is 42.5 Å². The van der Waals surface area contributed by atoms with Crippen molar-refractivity contribution < 1.29 is 19.1 Å². The molecular weight excluding hydrogens is 402 g/mol. The van der Waals surface area contributed by atoms with Gasteiger partial charge in [0.2, 0.25) is 0 Å². The zero-order valence-electron chi connectivity index (χ0n) is 18.1. The van der Waals surface area contributed by atoms with E-state index in [1.165, 1.54) is 12.3 Å². The minimum absolute atomic E-state index is 0.0324. The topological polar surface area (TPSA) is 126 Å². The number of hydrogen-bond donors (Lipinski definition) is 2. The fourth-order valence-electron chi connectivity index (χ4n) is 2.72. The molecule has 2 rings (SSSR count). The molecule has 0 bridgehead atoms. The summed E-state index contributed by atoms with van der Waals surface area (Å²) in [6.45, 7) is 8.86. The molecule has 2 amide bonds. The molecule has 0 saturated carbocycles. The lowest BCUT2D eigenvalue weighted by atomic mass is 10.2. The highest BCUT2D eigenvalue weighted by atomic mass is 16.5. The second-order valence-electron chi connectivity index (χ2n) is 6.45. The number of benzene rings is 1. The lowest BCUT2D eigenvalue weighted by Crippen LogP contribution is -2.34. The van der Waals surface area contributed by atoms with Gasteiger partial charge >= 0.3 is 5.69 Å².